The summed E-state index contributed by atoms with van der Waals surface area (Å²) in [6.07, 6.45) is 0. The number of nitrogens with one attached hydrogen (secondary N) is 2. The highest BCUT2D eigenvalue weighted by Gasteiger charge is 2.19. The van der Waals surface area contributed by atoms with Gasteiger partial charge in [-0.3, -0.25) is 14.2 Å². The maximum atomic E-state index is 12.9. The third-order valence-electron chi connectivity index (χ3n) is 6.06. The molecule has 0 saturated heterocycles. The van der Waals surface area contributed by atoms with Gasteiger partial charge in [-0.1, -0.05) is 48.2 Å². The van der Waals surface area contributed by atoms with Crippen LogP contribution in [0.3, 0.4) is 0 Å². The fraction of sp³-hybridized carbons (Fsp3) is 0.241. The van der Waals surface area contributed by atoms with Crippen LogP contribution in [0.5, 0.6) is 5.75 Å². The van der Waals surface area contributed by atoms with E-state index in [1.165, 1.54) is 18.9 Å². The highest BCUT2D eigenvalue weighted by molar-refractivity contribution is 7.99. The van der Waals surface area contributed by atoms with Crippen molar-refractivity contribution >= 4 is 29.3 Å². The predicted octanol–water partition coefficient (Wildman–Crippen LogP) is 5.17. The van der Waals surface area contributed by atoms with Gasteiger partial charge < -0.3 is 15.4 Å². The Labute approximate surface area is 226 Å². The van der Waals surface area contributed by atoms with E-state index in [2.05, 4.69) is 20.8 Å². The van der Waals surface area contributed by atoms with Gasteiger partial charge in [0.25, 0.3) is 5.91 Å². The summed E-state index contributed by atoms with van der Waals surface area (Å²) in [4.78, 5) is 25.7. The van der Waals surface area contributed by atoms with Gasteiger partial charge in [-0.15, -0.1) is 10.2 Å². The van der Waals surface area contributed by atoms with Gasteiger partial charge in [0.1, 0.15) is 5.75 Å². The van der Waals surface area contributed by atoms with Crippen molar-refractivity contribution < 1.29 is 14.3 Å². The Morgan fingerprint density at radius 1 is 0.921 bits per heavy atom. The number of hydrogen-bond acceptors (Lipinski definition) is 6. The molecular formula is C29H31N5O3S. The minimum absolute atomic E-state index is 0.134. The molecule has 1 heterocycles. The van der Waals surface area contributed by atoms with Crippen LogP contribution < -0.4 is 15.4 Å². The number of rotatable bonds is 9. The number of anilines is 1. The number of aryl methyl sites for hydroxylation is 4. The number of para-hydroxylation sites is 1. The number of aromatic nitrogens is 3. The van der Waals surface area contributed by atoms with E-state index in [4.69, 9.17) is 4.74 Å². The predicted molar refractivity (Wildman–Crippen MR) is 150 cm³/mol. The Balaban J connectivity index is 1.56. The topological polar surface area (TPSA) is 98.1 Å². The summed E-state index contributed by atoms with van der Waals surface area (Å²) < 4.78 is 7.22. The zero-order chi connectivity index (χ0) is 27.2. The third-order valence-corrected chi connectivity index (χ3v) is 6.99. The van der Waals surface area contributed by atoms with Crippen molar-refractivity contribution in [3.63, 3.8) is 0 Å². The van der Waals surface area contributed by atoms with Crippen LogP contribution in [0.25, 0.3) is 5.69 Å². The first-order valence-corrected chi connectivity index (χ1v) is 13.2. The monoisotopic (exact) mass is 529 g/mol. The summed E-state index contributed by atoms with van der Waals surface area (Å²) in [5.41, 5.74) is 6.31. The fourth-order valence-electron chi connectivity index (χ4n) is 3.98. The molecule has 0 aliphatic rings. The SMILES string of the molecule is COc1ccccc1C(=O)NCc1nnc(SCC(=O)Nc2cc(C)ccc2C)n1-c1cc(C)ccc1C. The number of methoxy groups -OCH3 is 1. The van der Waals surface area contributed by atoms with Gasteiger partial charge in [-0.25, -0.2) is 0 Å². The molecule has 0 aliphatic carbocycles. The lowest BCUT2D eigenvalue weighted by molar-refractivity contribution is -0.113. The van der Waals surface area contributed by atoms with Gasteiger partial charge in [-0.05, 0) is 74.2 Å². The number of benzene rings is 3. The Morgan fingerprint density at radius 2 is 1.63 bits per heavy atom. The summed E-state index contributed by atoms with van der Waals surface area (Å²) in [5, 5.41) is 15.2. The molecule has 0 unspecified atom stereocenters. The van der Waals surface area contributed by atoms with E-state index in [-0.39, 0.29) is 24.1 Å². The van der Waals surface area contributed by atoms with Crippen LogP contribution in [-0.2, 0) is 11.3 Å². The molecular weight excluding hydrogens is 498 g/mol. The summed E-state index contributed by atoms with van der Waals surface area (Å²) in [5.74, 6) is 0.793. The Hall–Kier alpha value is -4.11. The minimum Gasteiger partial charge on any atom is -0.496 e. The fourth-order valence-corrected chi connectivity index (χ4v) is 4.75. The second-order valence-corrected chi connectivity index (χ2v) is 10.0. The van der Waals surface area contributed by atoms with Crippen molar-refractivity contribution in [1.82, 2.24) is 20.1 Å². The van der Waals surface area contributed by atoms with E-state index in [1.807, 2.05) is 74.7 Å². The van der Waals surface area contributed by atoms with Gasteiger partial charge in [0.2, 0.25) is 5.91 Å². The molecule has 196 valence electrons. The molecule has 2 amide bonds. The summed E-state index contributed by atoms with van der Waals surface area (Å²) in [7, 11) is 1.53. The van der Waals surface area contributed by atoms with Crippen LogP contribution in [0.2, 0.25) is 0 Å². The maximum Gasteiger partial charge on any atom is 0.255 e. The Morgan fingerprint density at radius 3 is 2.39 bits per heavy atom. The molecule has 0 aliphatic heterocycles. The number of carbonyl (C=O) groups is 2. The van der Waals surface area contributed by atoms with Gasteiger partial charge in [0.15, 0.2) is 11.0 Å². The van der Waals surface area contributed by atoms with Gasteiger partial charge >= 0.3 is 0 Å². The lowest BCUT2D eigenvalue weighted by Gasteiger charge is -2.15. The number of thioether (sulfide) groups is 1. The van der Waals surface area contributed by atoms with Crippen LogP contribution in [0.1, 0.15) is 38.4 Å². The van der Waals surface area contributed by atoms with Gasteiger partial charge in [0, 0.05) is 5.69 Å². The van der Waals surface area contributed by atoms with Crippen molar-refractivity contribution in [1.29, 1.82) is 0 Å². The molecule has 8 nitrogen and oxygen atoms in total. The molecule has 4 rings (SSSR count). The molecule has 0 radical (unpaired) electrons. The van der Waals surface area contributed by atoms with E-state index >= 15 is 0 Å². The normalized spacial score (nSPS) is 10.8. The first-order valence-electron chi connectivity index (χ1n) is 12.2. The number of nitrogens with zero attached hydrogens (tertiary/aromatic N) is 3. The third kappa shape index (κ3) is 6.23. The highest BCUT2D eigenvalue weighted by atomic mass is 32.2. The van der Waals surface area contributed by atoms with Crippen LogP contribution in [0.15, 0.2) is 65.8 Å². The molecule has 0 spiro atoms. The van der Waals surface area contributed by atoms with Crippen LogP contribution in [-0.4, -0.2) is 39.4 Å². The summed E-state index contributed by atoms with van der Waals surface area (Å²) in [6.45, 7) is 8.12. The zero-order valence-corrected chi connectivity index (χ0v) is 23.0. The molecule has 2 N–H and O–H groups in total. The molecule has 0 fully saturated rings. The first kappa shape index (κ1) is 26.9. The van der Waals surface area contributed by atoms with Crippen molar-refractivity contribution in [2.45, 2.75) is 39.4 Å². The molecule has 1 aromatic heterocycles. The second kappa shape index (κ2) is 12.0. The van der Waals surface area contributed by atoms with E-state index in [0.29, 0.717) is 22.3 Å². The molecule has 0 bridgehead atoms. The quantitative estimate of drug-likeness (QED) is 0.290. The zero-order valence-electron chi connectivity index (χ0n) is 22.2. The first-order chi connectivity index (χ1) is 18.3. The number of ether oxygens (including phenoxy) is 1. The van der Waals surface area contributed by atoms with Crippen molar-refractivity contribution in [2.24, 2.45) is 0 Å². The van der Waals surface area contributed by atoms with E-state index in [9.17, 15) is 9.59 Å². The molecule has 9 heteroatoms. The average molecular weight is 530 g/mol. The smallest absolute Gasteiger partial charge is 0.255 e. The standard InChI is InChI=1S/C29H31N5O3S/c1-18-10-12-20(3)23(14-18)31-27(35)17-38-29-33-32-26(34(29)24-15-19(2)11-13-21(24)4)16-30-28(36)22-8-6-7-9-25(22)37-5/h6-15H,16-17H2,1-5H3,(H,30,36)(H,31,35). The van der Waals surface area contributed by atoms with Crippen molar-refractivity contribution in [2.75, 3.05) is 18.2 Å². The summed E-state index contributed by atoms with van der Waals surface area (Å²) in [6, 6.07) is 19.1. The second-order valence-electron chi connectivity index (χ2n) is 9.06. The lowest BCUT2D eigenvalue weighted by Crippen LogP contribution is -2.25. The largest absolute Gasteiger partial charge is 0.496 e. The number of hydrogen-bond donors (Lipinski definition) is 2. The molecule has 3 aromatic carbocycles. The number of carbonyl (C=O) groups excluding carboxylic acids is 2. The van der Waals surface area contributed by atoms with Crippen molar-refractivity contribution in [3.8, 4) is 11.4 Å². The van der Waals surface area contributed by atoms with Gasteiger partial charge in [-0.2, -0.15) is 0 Å². The molecule has 0 saturated carbocycles. The Bertz CT molecular complexity index is 1480. The number of amides is 2. The minimum atomic E-state index is -0.278. The van der Waals surface area contributed by atoms with E-state index in [1.54, 1.807) is 18.2 Å². The molecule has 38 heavy (non-hydrogen) atoms. The van der Waals surface area contributed by atoms with Gasteiger partial charge in [0.05, 0.1) is 30.7 Å². The maximum absolute atomic E-state index is 12.9. The Kier molecular flexibility index (Phi) is 8.48. The molecule has 0 atom stereocenters. The van der Waals surface area contributed by atoms with E-state index in [0.717, 1.165) is 33.6 Å². The van der Waals surface area contributed by atoms with E-state index < -0.39 is 0 Å². The highest BCUT2D eigenvalue weighted by Crippen LogP contribution is 2.26. The van der Waals surface area contributed by atoms with Crippen LogP contribution in [0.4, 0.5) is 5.69 Å². The van der Waals surface area contributed by atoms with Crippen molar-refractivity contribution in [3.05, 3.63) is 94.3 Å². The van der Waals surface area contributed by atoms with Crippen LogP contribution in [0, 0.1) is 27.7 Å². The average Bonchev–Trinajstić information content (AvgIpc) is 3.32. The van der Waals surface area contributed by atoms with Crippen LogP contribution >= 0.6 is 11.8 Å². The summed E-state index contributed by atoms with van der Waals surface area (Å²) >= 11 is 1.30. The molecule has 4 aromatic rings. The lowest BCUT2D eigenvalue weighted by atomic mass is 10.1.